The van der Waals surface area contributed by atoms with Gasteiger partial charge < -0.3 is 20.5 Å². The van der Waals surface area contributed by atoms with Crippen molar-refractivity contribution in [1.82, 2.24) is 4.98 Å². The smallest absolute Gasteiger partial charge is 0.416 e. The number of pyridine rings is 1. The van der Waals surface area contributed by atoms with Gasteiger partial charge in [-0.2, -0.15) is 26.3 Å². The number of rotatable bonds is 11. The summed E-state index contributed by atoms with van der Waals surface area (Å²) in [5, 5.41) is 4.01. The first kappa shape index (κ1) is 31.0. The van der Waals surface area contributed by atoms with Crippen molar-refractivity contribution in [3.63, 3.8) is 0 Å². The van der Waals surface area contributed by atoms with E-state index in [-0.39, 0.29) is 24.8 Å². The third-order valence-corrected chi connectivity index (χ3v) is 6.82. The average molecular weight is 592 g/mol. The van der Waals surface area contributed by atoms with E-state index in [1.165, 1.54) is 25.3 Å². The van der Waals surface area contributed by atoms with Crippen LogP contribution in [0.25, 0.3) is 10.9 Å². The van der Waals surface area contributed by atoms with Gasteiger partial charge in [0.2, 0.25) is 0 Å². The summed E-state index contributed by atoms with van der Waals surface area (Å²) < 4.78 is 91.6. The van der Waals surface area contributed by atoms with Gasteiger partial charge in [0.25, 0.3) is 0 Å². The molecule has 5 nitrogen and oxygen atoms in total. The van der Waals surface area contributed by atoms with Crippen LogP contribution in [-0.4, -0.2) is 24.7 Å². The van der Waals surface area contributed by atoms with Gasteiger partial charge in [-0.05, 0) is 62.2 Å². The number of hydrogen-bond acceptors (Lipinski definition) is 5. The lowest BCUT2D eigenvalue weighted by molar-refractivity contribution is -0.138. The maximum absolute atomic E-state index is 13.5. The SMILES string of the molecule is COc1cc(NC(C)CCCN)c2nccc(COc3cccc(C(F)(F)F)c3)c2c1Cc1cccc(C(F)(F)F)c1. The second-order valence-corrected chi connectivity index (χ2v) is 9.96. The van der Waals surface area contributed by atoms with E-state index in [1.54, 1.807) is 24.4 Å². The summed E-state index contributed by atoms with van der Waals surface area (Å²) in [6, 6.07) is 13.0. The molecule has 1 unspecified atom stereocenters. The normalized spacial score (nSPS) is 12.8. The maximum atomic E-state index is 13.5. The summed E-state index contributed by atoms with van der Waals surface area (Å²) in [6.07, 6.45) is -5.83. The summed E-state index contributed by atoms with van der Waals surface area (Å²) >= 11 is 0. The minimum atomic E-state index is -4.53. The number of alkyl halides is 6. The predicted octanol–water partition coefficient (Wildman–Crippen LogP) is 7.99. The molecule has 42 heavy (non-hydrogen) atoms. The zero-order chi connectivity index (χ0) is 30.5. The fourth-order valence-electron chi connectivity index (χ4n) is 4.79. The topological polar surface area (TPSA) is 69.4 Å². The van der Waals surface area contributed by atoms with Crippen LogP contribution in [0.2, 0.25) is 0 Å². The molecule has 0 fully saturated rings. The van der Waals surface area contributed by atoms with E-state index < -0.39 is 23.5 Å². The molecule has 1 heterocycles. The first-order valence-corrected chi connectivity index (χ1v) is 13.3. The van der Waals surface area contributed by atoms with Gasteiger partial charge in [-0.3, -0.25) is 4.98 Å². The largest absolute Gasteiger partial charge is 0.496 e. The lowest BCUT2D eigenvalue weighted by atomic mass is 9.94. The van der Waals surface area contributed by atoms with E-state index in [0.717, 1.165) is 37.1 Å². The van der Waals surface area contributed by atoms with Gasteiger partial charge in [-0.15, -0.1) is 0 Å². The maximum Gasteiger partial charge on any atom is 0.416 e. The molecule has 0 saturated heterocycles. The van der Waals surface area contributed by atoms with Crippen molar-refractivity contribution < 1.29 is 35.8 Å². The van der Waals surface area contributed by atoms with Crippen molar-refractivity contribution in [3.05, 3.63) is 94.7 Å². The number of nitrogens with one attached hydrogen (secondary N) is 1. The third kappa shape index (κ3) is 7.44. The van der Waals surface area contributed by atoms with Crippen LogP contribution >= 0.6 is 0 Å². The molecular formula is C31H31F6N3O2. The van der Waals surface area contributed by atoms with Crippen LogP contribution in [0.3, 0.4) is 0 Å². The second kappa shape index (κ2) is 12.9. The lowest BCUT2D eigenvalue weighted by Gasteiger charge is -2.22. The summed E-state index contributed by atoms with van der Waals surface area (Å²) in [4.78, 5) is 4.58. The molecule has 0 aliphatic heterocycles. The Morgan fingerprint density at radius 1 is 0.929 bits per heavy atom. The highest BCUT2D eigenvalue weighted by Gasteiger charge is 2.31. The van der Waals surface area contributed by atoms with Gasteiger partial charge >= 0.3 is 12.4 Å². The van der Waals surface area contributed by atoms with Gasteiger partial charge in [0.15, 0.2) is 0 Å². The molecule has 1 aromatic heterocycles. The first-order chi connectivity index (χ1) is 19.9. The molecule has 0 saturated carbocycles. The number of hydrogen-bond donors (Lipinski definition) is 2. The van der Waals surface area contributed by atoms with E-state index in [1.807, 2.05) is 6.92 Å². The number of aromatic nitrogens is 1. The third-order valence-electron chi connectivity index (χ3n) is 6.82. The van der Waals surface area contributed by atoms with Crippen LogP contribution in [0.1, 0.15) is 47.6 Å². The molecule has 0 amide bonds. The molecule has 0 aliphatic rings. The zero-order valence-electron chi connectivity index (χ0n) is 23.1. The molecular weight excluding hydrogens is 560 g/mol. The number of methoxy groups -OCH3 is 1. The summed E-state index contributed by atoms with van der Waals surface area (Å²) in [5.74, 6) is 0.438. The molecule has 4 aromatic rings. The summed E-state index contributed by atoms with van der Waals surface area (Å²) in [7, 11) is 1.47. The molecule has 224 valence electrons. The number of ether oxygens (including phenoxy) is 2. The highest BCUT2D eigenvalue weighted by atomic mass is 19.4. The van der Waals surface area contributed by atoms with Gasteiger partial charge in [-0.1, -0.05) is 24.3 Å². The standard InChI is InChI=1S/C31H31F6N3O2/c1-19(6-5-12-38)40-26-17-27(41-2)25(15-20-7-3-8-22(14-20)30(32,33)34)28-21(11-13-39-29(26)28)18-42-24-10-4-9-23(16-24)31(35,36)37/h3-4,7-11,13-14,16-17,19,40H,5-6,12,15,18,38H2,1-2H3. The van der Waals surface area contributed by atoms with E-state index in [4.69, 9.17) is 15.2 Å². The average Bonchev–Trinajstić information content (AvgIpc) is 2.95. The quantitative estimate of drug-likeness (QED) is 0.173. The Morgan fingerprint density at radius 3 is 2.29 bits per heavy atom. The molecule has 0 bridgehead atoms. The molecule has 3 aromatic carbocycles. The summed E-state index contributed by atoms with van der Waals surface area (Å²) in [6.45, 7) is 2.40. The monoisotopic (exact) mass is 591 g/mol. The van der Waals surface area contributed by atoms with Crippen molar-refractivity contribution in [2.75, 3.05) is 19.0 Å². The number of nitrogens with two attached hydrogens (primary N) is 1. The molecule has 11 heteroatoms. The lowest BCUT2D eigenvalue weighted by Crippen LogP contribution is -2.17. The number of nitrogens with zero attached hydrogens (tertiary/aromatic N) is 1. The predicted molar refractivity (Wildman–Crippen MR) is 150 cm³/mol. The van der Waals surface area contributed by atoms with Crippen molar-refractivity contribution in [3.8, 4) is 11.5 Å². The van der Waals surface area contributed by atoms with Gasteiger partial charge in [0.1, 0.15) is 18.1 Å². The Labute approximate surface area is 239 Å². The molecule has 0 radical (unpaired) electrons. The molecule has 4 rings (SSSR count). The Hall–Kier alpha value is -3.99. The molecule has 1 atom stereocenters. The van der Waals surface area contributed by atoms with Gasteiger partial charge in [0, 0.05) is 41.2 Å². The van der Waals surface area contributed by atoms with Crippen LogP contribution in [-0.2, 0) is 25.4 Å². The van der Waals surface area contributed by atoms with Gasteiger partial charge in [-0.25, -0.2) is 0 Å². The van der Waals surface area contributed by atoms with Crippen LogP contribution in [0, 0.1) is 0 Å². The van der Waals surface area contributed by atoms with Crippen molar-refractivity contribution in [2.45, 2.75) is 51.2 Å². The minimum absolute atomic E-state index is 0.0163. The van der Waals surface area contributed by atoms with Crippen LogP contribution < -0.4 is 20.5 Å². The number of halogens is 6. The highest BCUT2D eigenvalue weighted by molar-refractivity contribution is 5.97. The van der Waals surface area contributed by atoms with Crippen LogP contribution in [0.5, 0.6) is 11.5 Å². The Morgan fingerprint density at radius 2 is 1.62 bits per heavy atom. The zero-order valence-corrected chi connectivity index (χ0v) is 23.1. The summed E-state index contributed by atoms with van der Waals surface area (Å²) in [5.41, 5.74) is 6.76. The molecule has 3 N–H and O–H groups in total. The second-order valence-electron chi connectivity index (χ2n) is 9.96. The first-order valence-electron chi connectivity index (χ1n) is 13.3. The van der Waals surface area contributed by atoms with Crippen LogP contribution in [0.15, 0.2) is 66.9 Å². The van der Waals surface area contributed by atoms with Crippen LogP contribution in [0.4, 0.5) is 32.0 Å². The van der Waals surface area contributed by atoms with E-state index in [9.17, 15) is 26.3 Å². The van der Waals surface area contributed by atoms with E-state index >= 15 is 0 Å². The van der Waals surface area contributed by atoms with E-state index in [0.29, 0.717) is 45.6 Å². The van der Waals surface area contributed by atoms with Crippen molar-refractivity contribution >= 4 is 16.6 Å². The fraction of sp³-hybridized carbons (Fsp3) is 0.323. The Balaban J connectivity index is 1.82. The molecule has 0 spiro atoms. The minimum Gasteiger partial charge on any atom is -0.496 e. The number of fused-ring (bicyclic) bond motifs is 1. The Kier molecular flexibility index (Phi) is 9.50. The Bertz CT molecular complexity index is 1520. The van der Waals surface area contributed by atoms with E-state index in [2.05, 4.69) is 10.3 Å². The van der Waals surface area contributed by atoms with Crippen molar-refractivity contribution in [1.29, 1.82) is 0 Å². The number of benzene rings is 3. The van der Waals surface area contributed by atoms with Gasteiger partial charge in [0.05, 0.1) is 29.4 Å². The highest BCUT2D eigenvalue weighted by Crippen LogP contribution is 2.39. The fourth-order valence-corrected chi connectivity index (χ4v) is 4.79. The van der Waals surface area contributed by atoms with Crippen molar-refractivity contribution in [2.24, 2.45) is 5.73 Å². The number of anilines is 1. The molecule has 0 aliphatic carbocycles.